The van der Waals surface area contributed by atoms with E-state index < -0.39 is 15.8 Å². The number of nitrogens with zero attached hydrogens (tertiary/aromatic N) is 1. The number of anilines is 1. The lowest BCUT2D eigenvalue weighted by atomic mass is 10.3. The van der Waals surface area contributed by atoms with Crippen LogP contribution in [-0.2, 0) is 10.0 Å². The molecule has 0 unspecified atom stereocenters. The van der Waals surface area contributed by atoms with Gasteiger partial charge < -0.3 is 0 Å². The van der Waals surface area contributed by atoms with Gasteiger partial charge in [0.05, 0.1) is 11.4 Å². The van der Waals surface area contributed by atoms with Crippen LogP contribution in [0.4, 0.5) is 10.1 Å². The first-order valence-electron chi connectivity index (χ1n) is 4.83. The van der Waals surface area contributed by atoms with Crippen molar-refractivity contribution in [3.05, 3.63) is 30.1 Å². The Bertz CT molecular complexity index is 433. The average Bonchev–Trinajstić information content (AvgIpc) is 2.21. The van der Waals surface area contributed by atoms with E-state index in [0.29, 0.717) is 12.2 Å². The summed E-state index contributed by atoms with van der Waals surface area (Å²) in [7, 11) is -3.41. The molecule has 0 radical (unpaired) electrons. The van der Waals surface area contributed by atoms with Crippen molar-refractivity contribution in [1.29, 1.82) is 0 Å². The van der Waals surface area contributed by atoms with Crippen LogP contribution in [0, 0.1) is 5.82 Å². The number of rotatable bonds is 5. The van der Waals surface area contributed by atoms with Crippen LogP contribution in [0.2, 0.25) is 0 Å². The van der Waals surface area contributed by atoms with Gasteiger partial charge in [-0.25, -0.2) is 12.8 Å². The molecule has 90 valence electrons. The van der Waals surface area contributed by atoms with Gasteiger partial charge in [-0.15, -0.1) is 11.6 Å². The molecule has 0 spiro atoms. The normalized spacial score (nSPS) is 11.4. The molecule has 0 bridgehead atoms. The largest absolute Gasteiger partial charge is 0.270 e. The minimum atomic E-state index is -3.41. The van der Waals surface area contributed by atoms with Gasteiger partial charge in [-0.1, -0.05) is 0 Å². The lowest BCUT2D eigenvalue weighted by molar-refractivity contribution is 0.593. The Kier molecular flexibility index (Phi) is 4.56. The number of hydrogen-bond acceptors (Lipinski definition) is 2. The van der Waals surface area contributed by atoms with Gasteiger partial charge in [0.2, 0.25) is 10.0 Å². The molecule has 0 heterocycles. The van der Waals surface area contributed by atoms with E-state index in [9.17, 15) is 12.8 Å². The summed E-state index contributed by atoms with van der Waals surface area (Å²) < 4.78 is 37.5. The Morgan fingerprint density at radius 1 is 1.31 bits per heavy atom. The van der Waals surface area contributed by atoms with Crippen molar-refractivity contribution in [3.63, 3.8) is 0 Å². The summed E-state index contributed by atoms with van der Waals surface area (Å²) in [6.45, 7) is 2.01. The second-order valence-corrected chi connectivity index (χ2v) is 5.54. The van der Waals surface area contributed by atoms with Gasteiger partial charge >= 0.3 is 0 Å². The van der Waals surface area contributed by atoms with Gasteiger partial charge in [-0.3, -0.25) is 4.31 Å². The third kappa shape index (κ3) is 3.09. The van der Waals surface area contributed by atoms with E-state index in [1.165, 1.54) is 28.6 Å². The molecular weight excluding hydrogens is 253 g/mol. The van der Waals surface area contributed by atoms with E-state index in [0.717, 1.165) is 0 Å². The van der Waals surface area contributed by atoms with Crippen LogP contribution in [0.5, 0.6) is 0 Å². The molecule has 16 heavy (non-hydrogen) atoms. The fourth-order valence-corrected chi connectivity index (χ4v) is 3.19. The number of hydrogen-bond donors (Lipinski definition) is 0. The Labute approximate surface area is 99.9 Å². The van der Waals surface area contributed by atoms with Gasteiger partial charge in [0.1, 0.15) is 5.82 Å². The van der Waals surface area contributed by atoms with E-state index in [1.54, 1.807) is 6.92 Å². The standard InChI is InChI=1S/C10H13ClFNO2S/c1-2-13(16(14,15)8-7-11)10-5-3-9(12)4-6-10/h3-6H,2,7-8H2,1H3. The molecule has 0 atom stereocenters. The highest BCUT2D eigenvalue weighted by Crippen LogP contribution is 2.18. The molecular formula is C10H13ClFNO2S. The van der Waals surface area contributed by atoms with Crippen molar-refractivity contribution >= 4 is 27.3 Å². The molecule has 3 nitrogen and oxygen atoms in total. The smallest absolute Gasteiger partial charge is 0.236 e. The zero-order valence-electron chi connectivity index (χ0n) is 8.86. The van der Waals surface area contributed by atoms with E-state index in [-0.39, 0.29) is 11.6 Å². The minimum absolute atomic E-state index is 0.0417. The molecule has 0 aliphatic rings. The molecule has 6 heteroatoms. The summed E-state index contributed by atoms with van der Waals surface area (Å²) >= 11 is 5.43. The first-order chi connectivity index (χ1) is 7.51. The molecule has 0 aliphatic heterocycles. The zero-order valence-corrected chi connectivity index (χ0v) is 10.4. The first-order valence-corrected chi connectivity index (χ1v) is 6.97. The Hall–Kier alpha value is -0.810. The molecule has 0 saturated carbocycles. The van der Waals surface area contributed by atoms with Crippen molar-refractivity contribution in [1.82, 2.24) is 0 Å². The Morgan fingerprint density at radius 2 is 1.88 bits per heavy atom. The number of benzene rings is 1. The summed E-state index contributed by atoms with van der Waals surface area (Å²) in [5.74, 6) is -0.477. The molecule has 0 saturated heterocycles. The number of halogens is 2. The predicted octanol–water partition coefficient (Wildman–Crippen LogP) is 2.22. The van der Waals surface area contributed by atoms with Crippen molar-refractivity contribution in [2.24, 2.45) is 0 Å². The molecule has 0 N–H and O–H groups in total. The molecule has 0 aromatic heterocycles. The monoisotopic (exact) mass is 265 g/mol. The van der Waals surface area contributed by atoms with Gasteiger partial charge in [-0.05, 0) is 31.2 Å². The topological polar surface area (TPSA) is 37.4 Å². The fraction of sp³-hybridized carbons (Fsp3) is 0.400. The number of alkyl halides is 1. The molecule has 0 amide bonds. The van der Waals surface area contributed by atoms with Crippen LogP contribution in [-0.4, -0.2) is 26.6 Å². The lowest BCUT2D eigenvalue weighted by Crippen LogP contribution is -2.33. The minimum Gasteiger partial charge on any atom is -0.270 e. The lowest BCUT2D eigenvalue weighted by Gasteiger charge is -2.22. The second kappa shape index (κ2) is 5.50. The maximum Gasteiger partial charge on any atom is 0.236 e. The summed E-state index contributed by atoms with van der Waals surface area (Å²) in [4.78, 5) is 0. The molecule has 1 aromatic carbocycles. The zero-order chi connectivity index (χ0) is 12.2. The molecule has 0 fully saturated rings. The highest BCUT2D eigenvalue weighted by Gasteiger charge is 2.19. The third-order valence-electron chi connectivity index (χ3n) is 2.07. The van der Waals surface area contributed by atoms with E-state index in [2.05, 4.69) is 0 Å². The van der Waals surface area contributed by atoms with Crippen LogP contribution >= 0.6 is 11.6 Å². The van der Waals surface area contributed by atoms with Crippen LogP contribution in [0.1, 0.15) is 6.92 Å². The van der Waals surface area contributed by atoms with Crippen molar-refractivity contribution in [2.75, 3.05) is 22.5 Å². The first kappa shape index (κ1) is 13.3. The van der Waals surface area contributed by atoms with E-state index in [4.69, 9.17) is 11.6 Å². The van der Waals surface area contributed by atoms with Gasteiger partial charge in [0.25, 0.3) is 0 Å². The van der Waals surface area contributed by atoms with Crippen LogP contribution in [0.15, 0.2) is 24.3 Å². The Balaban J connectivity index is 3.03. The van der Waals surface area contributed by atoms with Crippen molar-refractivity contribution in [2.45, 2.75) is 6.92 Å². The van der Waals surface area contributed by atoms with Crippen LogP contribution in [0.3, 0.4) is 0 Å². The van der Waals surface area contributed by atoms with E-state index in [1.807, 2.05) is 0 Å². The highest BCUT2D eigenvalue weighted by molar-refractivity contribution is 7.92. The highest BCUT2D eigenvalue weighted by atomic mass is 35.5. The second-order valence-electron chi connectivity index (χ2n) is 3.15. The van der Waals surface area contributed by atoms with Gasteiger partial charge in [0.15, 0.2) is 0 Å². The molecule has 1 rings (SSSR count). The van der Waals surface area contributed by atoms with Crippen molar-refractivity contribution in [3.8, 4) is 0 Å². The third-order valence-corrected chi connectivity index (χ3v) is 4.35. The summed E-state index contributed by atoms with van der Waals surface area (Å²) in [5, 5.41) is 0. The number of sulfonamides is 1. The fourth-order valence-electron chi connectivity index (χ4n) is 1.35. The predicted molar refractivity (Wildman–Crippen MR) is 63.9 cm³/mol. The SMILES string of the molecule is CCN(c1ccc(F)cc1)S(=O)(=O)CCCl. The summed E-state index contributed by atoms with van der Waals surface area (Å²) in [6.07, 6.45) is 0. The van der Waals surface area contributed by atoms with E-state index >= 15 is 0 Å². The summed E-state index contributed by atoms with van der Waals surface area (Å²) in [6, 6.07) is 5.33. The molecule has 0 aliphatic carbocycles. The maximum absolute atomic E-state index is 12.7. The Morgan fingerprint density at radius 3 is 2.31 bits per heavy atom. The van der Waals surface area contributed by atoms with Gasteiger partial charge in [-0.2, -0.15) is 0 Å². The maximum atomic E-state index is 12.7. The van der Waals surface area contributed by atoms with Crippen molar-refractivity contribution < 1.29 is 12.8 Å². The quantitative estimate of drug-likeness (QED) is 0.766. The average molecular weight is 266 g/mol. The van der Waals surface area contributed by atoms with Crippen LogP contribution < -0.4 is 4.31 Å². The van der Waals surface area contributed by atoms with Gasteiger partial charge in [0, 0.05) is 12.4 Å². The molecule has 1 aromatic rings. The summed E-state index contributed by atoms with van der Waals surface area (Å²) in [5.41, 5.74) is 0.453. The van der Waals surface area contributed by atoms with Crippen LogP contribution in [0.25, 0.3) is 0 Å².